The van der Waals surface area contributed by atoms with Gasteiger partial charge in [-0.1, -0.05) is 0 Å². The molecule has 0 aromatic heterocycles. The smallest absolute Gasteiger partial charge is 0.308 e. The van der Waals surface area contributed by atoms with Gasteiger partial charge in [0.2, 0.25) is 5.91 Å². The first-order chi connectivity index (χ1) is 7.35. The number of carboxylic acid groups (broad SMARTS) is 1. The predicted molar refractivity (Wildman–Crippen MR) is 58.0 cm³/mol. The number of carboxylic acids is 1. The average Bonchev–Trinajstić information content (AvgIpc) is 2.66. The van der Waals surface area contributed by atoms with Crippen LogP contribution in [0, 0.1) is 5.92 Å². The van der Waals surface area contributed by atoms with Crippen LogP contribution in [0.25, 0.3) is 0 Å². The monoisotopic (exact) mass is 229 g/mol. The van der Waals surface area contributed by atoms with Gasteiger partial charge in [0, 0.05) is 20.2 Å². The summed E-state index contributed by atoms with van der Waals surface area (Å²) in [6.07, 6.45) is 0.838. The van der Waals surface area contributed by atoms with Crippen molar-refractivity contribution < 1.29 is 19.4 Å². The number of amides is 1. The third-order valence-corrected chi connectivity index (χ3v) is 3.02. The molecule has 0 spiro atoms. The minimum absolute atomic E-state index is 0.0319. The number of rotatable bonds is 4. The quantitative estimate of drug-likeness (QED) is 0.772. The lowest BCUT2D eigenvalue weighted by Gasteiger charge is -2.25. The summed E-state index contributed by atoms with van der Waals surface area (Å²) < 4.78 is 5.18. The lowest BCUT2D eigenvalue weighted by molar-refractivity contribution is -0.141. The normalized spacial score (nSPS) is 21.2. The molecule has 0 aromatic rings. The molecule has 1 atom stereocenters. The van der Waals surface area contributed by atoms with Gasteiger partial charge in [-0.15, -0.1) is 0 Å². The molecule has 1 fully saturated rings. The standard InChI is InChI=1S/C11H19NO4/c1-11(2,16-3)6-9(13)12-5-4-8(7-12)10(14)15/h8H,4-7H2,1-3H3,(H,14,15). The fraction of sp³-hybridized carbons (Fsp3) is 0.818. The summed E-state index contributed by atoms with van der Waals surface area (Å²) in [6, 6.07) is 0. The number of hydrogen-bond donors (Lipinski definition) is 1. The molecule has 16 heavy (non-hydrogen) atoms. The number of carbonyl (C=O) groups excluding carboxylic acids is 1. The zero-order valence-electron chi connectivity index (χ0n) is 10.0. The van der Waals surface area contributed by atoms with Crippen LogP contribution in [-0.2, 0) is 14.3 Å². The Balaban J connectivity index is 2.48. The molecule has 1 rings (SSSR count). The summed E-state index contributed by atoms with van der Waals surface area (Å²) in [4.78, 5) is 24.2. The number of aliphatic carboxylic acids is 1. The minimum Gasteiger partial charge on any atom is -0.481 e. The van der Waals surface area contributed by atoms with Crippen LogP contribution in [0.4, 0.5) is 0 Å². The van der Waals surface area contributed by atoms with Gasteiger partial charge in [-0.25, -0.2) is 0 Å². The second kappa shape index (κ2) is 4.82. The van der Waals surface area contributed by atoms with Crippen LogP contribution in [0.15, 0.2) is 0 Å². The molecule has 1 saturated heterocycles. The van der Waals surface area contributed by atoms with Gasteiger partial charge in [0.05, 0.1) is 17.9 Å². The molecule has 0 aliphatic carbocycles. The van der Waals surface area contributed by atoms with E-state index in [2.05, 4.69) is 0 Å². The van der Waals surface area contributed by atoms with Gasteiger partial charge in [0.1, 0.15) is 0 Å². The van der Waals surface area contributed by atoms with E-state index < -0.39 is 17.5 Å². The minimum atomic E-state index is -0.818. The first-order valence-corrected chi connectivity index (χ1v) is 5.41. The fourth-order valence-electron chi connectivity index (χ4n) is 1.74. The Bertz CT molecular complexity index is 288. The SMILES string of the molecule is COC(C)(C)CC(=O)N1CCC(C(=O)O)C1. The number of ether oxygens (including phenoxy) is 1. The molecule has 92 valence electrons. The Kier molecular flexibility index (Phi) is 3.91. The van der Waals surface area contributed by atoms with Crippen molar-refractivity contribution in [2.75, 3.05) is 20.2 Å². The molecule has 1 aliphatic heterocycles. The predicted octanol–water partition coefficient (Wildman–Crippen LogP) is 0.735. The summed E-state index contributed by atoms with van der Waals surface area (Å²) in [7, 11) is 1.57. The van der Waals surface area contributed by atoms with Crippen molar-refractivity contribution in [1.82, 2.24) is 4.90 Å². The van der Waals surface area contributed by atoms with Crippen molar-refractivity contribution in [2.45, 2.75) is 32.3 Å². The van der Waals surface area contributed by atoms with Crippen LogP contribution >= 0.6 is 0 Å². The van der Waals surface area contributed by atoms with Gasteiger partial charge >= 0.3 is 5.97 Å². The van der Waals surface area contributed by atoms with E-state index in [0.717, 1.165) is 0 Å². The second-order valence-corrected chi connectivity index (χ2v) is 4.80. The summed E-state index contributed by atoms with van der Waals surface area (Å²) in [5, 5.41) is 8.83. The Morgan fingerprint density at radius 1 is 1.50 bits per heavy atom. The lowest BCUT2D eigenvalue weighted by Crippen LogP contribution is -2.36. The largest absolute Gasteiger partial charge is 0.481 e. The molecule has 1 aliphatic rings. The van der Waals surface area contributed by atoms with E-state index in [0.29, 0.717) is 19.5 Å². The molecule has 0 saturated carbocycles. The molecule has 0 bridgehead atoms. The van der Waals surface area contributed by atoms with Gasteiger partial charge in [-0.2, -0.15) is 0 Å². The maximum Gasteiger partial charge on any atom is 0.308 e. The Hall–Kier alpha value is -1.10. The molecular weight excluding hydrogens is 210 g/mol. The number of methoxy groups -OCH3 is 1. The molecule has 1 N–H and O–H groups in total. The molecule has 5 heteroatoms. The average molecular weight is 229 g/mol. The number of nitrogens with zero attached hydrogens (tertiary/aromatic N) is 1. The summed E-state index contributed by atoms with van der Waals surface area (Å²) in [5.74, 6) is -1.26. The third-order valence-electron chi connectivity index (χ3n) is 3.02. The van der Waals surface area contributed by atoms with Gasteiger partial charge < -0.3 is 14.7 Å². The van der Waals surface area contributed by atoms with Crippen molar-refractivity contribution in [1.29, 1.82) is 0 Å². The Morgan fingerprint density at radius 2 is 2.12 bits per heavy atom. The van der Waals surface area contributed by atoms with Gasteiger partial charge in [-0.05, 0) is 20.3 Å². The summed E-state index contributed by atoms with van der Waals surface area (Å²) in [5.41, 5.74) is -0.488. The van der Waals surface area contributed by atoms with E-state index in [9.17, 15) is 9.59 Å². The van der Waals surface area contributed by atoms with Crippen molar-refractivity contribution >= 4 is 11.9 Å². The number of carbonyl (C=O) groups is 2. The fourth-order valence-corrected chi connectivity index (χ4v) is 1.74. The van der Waals surface area contributed by atoms with Gasteiger partial charge in [0.25, 0.3) is 0 Å². The van der Waals surface area contributed by atoms with Gasteiger partial charge in [0.15, 0.2) is 0 Å². The molecular formula is C11H19NO4. The highest BCUT2D eigenvalue weighted by atomic mass is 16.5. The van der Waals surface area contributed by atoms with Crippen molar-refractivity contribution in [3.8, 4) is 0 Å². The summed E-state index contributed by atoms with van der Waals surface area (Å²) in [6.45, 7) is 4.55. The third kappa shape index (κ3) is 3.20. The van der Waals surface area contributed by atoms with Crippen LogP contribution < -0.4 is 0 Å². The van der Waals surface area contributed by atoms with Crippen LogP contribution in [0.3, 0.4) is 0 Å². The van der Waals surface area contributed by atoms with Crippen LogP contribution in [0.2, 0.25) is 0 Å². The molecule has 0 radical (unpaired) electrons. The van der Waals surface area contributed by atoms with Crippen molar-refractivity contribution in [2.24, 2.45) is 5.92 Å². The first kappa shape index (κ1) is 13.0. The van der Waals surface area contributed by atoms with E-state index in [1.54, 1.807) is 12.0 Å². The van der Waals surface area contributed by atoms with Crippen LogP contribution in [-0.4, -0.2) is 47.7 Å². The maximum absolute atomic E-state index is 11.8. The molecule has 1 amide bonds. The maximum atomic E-state index is 11.8. The van der Waals surface area contributed by atoms with Gasteiger partial charge in [-0.3, -0.25) is 9.59 Å². The molecule has 1 heterocycles. The zero-order chi connectivity index (χ0) is 12.3. The molecule has 5 nitrogen and oxygen atoms in total. The first-order valence-electron chi connectivity index (χ1n) is 5.41. The van der Waals surface area contributed by atoms with E-state index >= 15 is 0 Å². The van der Waals surface area contributed by atoms with E-state index in [-0.39, 0.29) is 12.3 Å². The Morgan fingerprint density at radius 3 is 2.56 bits per heavy atom. The highest BCUT2D eigenvalue weighted by Crippen LogP contribution is 2.20. The van der Waals surface area contributed by atoms with E-state index in [1.807, 2.05) is 13.8 Å². The topological polar surface area (TPSA) is 66.8 Å². The zero-order valence-corrected chi connectivity index (χ0v) is 10.0. The highest BCUT2D eigenvalue weighted by Gasteiger charge is 2.33. The van der Waals surface area contributed by atoms with Crippen LogP contribution in [0.5, 0.6) is 0 Å². The highest BCUT2D eigenvalue weighted by molar-refractivity contribution is 5.79. The number of hydrogen-bond acceptors (Lipinski definition) is 3. The van der Waals surface area contributed by atoms with E-state index in [4.69, 9.17) is 9.84 Å². The second-order valence-electron chi connectivity index (χ2n) is 4.80. The van der Waals surface area contributed by atoms with E-state index in [1.165, 1.54) is 0 Å². The van der Waals surface area contributed by atoms with Crippen molar-refractivity contribution in [3.05, 3.63) is 0 Å². The molecule has 1 unspecified atom stereocenters. The lowest BCUT2D eigenvalue weighted by atomic mass is 10.0. The van der Waals surface area contributed by atoms with Crippen molar-refractivity contribution in [3.63, 3.8) is 0 Å². The summed E-state index contributed by atoms with van der Waals surface area (Å²) >= 11 is 0. The molecule has 0 aromatic carbocycles. The Labute approximate surface area is 95.4 Å². The number of likely N-dealkylation sites (tertiary alicyclic amines) is 1. The van der Waals surface area contributed by atoms with Crippen LogP contribution in [0.1, 0.15) is 26.7 Å².